The molecule has 0 bridgehead atoms. The van der Waals surface area contributed by atoms with E-state index < -0.39 is 8.32 Å². The number of unbranched alkanes of at least 4 members (excludes halogenated alkanes) is 40. The van der Waals surface area contributed by atoms with Crippen LogP contribution in [0.5, 0.6) is 0 Å². The van der Waals surface area contributed by atoms with Crippen LogP contribution < -0.4 is 0 Å². The Morgan fingerprint density at radius 1 is 0.293 bits per heavy atom. The van der Waals surface area contributed by atoms with Crippen LogP contribution in [0.2, 0.25) is 18.1 Å². The Hall–Kier alpha value is 0.177. The van der Waals surface area contributed by atoms with Crippen molar-refractivity contribution < 1.29 is 4.43 Å². The van der Waals surface area contributed by atoms with Crippen molar-refractivity contribution in [1.29, 1.82) is 0 Å². The van der Waals surface area contributed by atoms with Gasteiger partial charge in [-0.3, -0.25) is 0 Å². The van der Waals surface area contributed by atoms with E-state index in [2.05, 4.69) is 27.7 Å². The molecule has 0 aliphatic carbocycles. The normalized spacial score (nSPS) is 15.1. The second kappa shape index (κ2) is 43.8. The number of rotatable bonds is 48. The van der Waals surface area contributed by atoms with Crippen molar-refractivity contribution in [2.45, 2.75) is 360 Å². The molecule has 0 spiro atoms. The Labute approximate surface area is 370 Å². The third-order valence-corrected chi connectivity index (χ3v) is 19.3. The van der Waals surface area contributed by atoms with Crippen LogP contribution in [-0.2, 0) is 4.43 Å². The molecule has 1 aliphatic heterocycles. The second-order valence-electron chi connectivity index (χ2n) is 20.5. The molecule has 2 heteroatoms. The largest absolute Gasteiger partial charge is 0.411 e. The fourth-order valence-electron chi connectivity index (χ4n) is 10.7. The van der Waals surface area contributed by atoms with Gasteiger partial charge in [0.1, 0.15) is 0 Å². The molecule has 1 saturated heterocycles. The van der Waals surface area contributed by atoms with Gasteiger partial charge in [-0.15, -0.1) is 0 Å². The highest BCUT2D eigenvalue weighted by Gasteiger charge is 2.46. The minimum absolute atomic E-state index is 0.235. The molecular formula is C56H114OSi. The average molecular weight is 832 g/mol. The van der Waals surface area contributed by atoms with E-state index in [9.17, 15) is 0 Å². The monoisotopic (exact) mass is 831 g/mol. The van der Waals surface area contributed by atoms with E-state index >= 15 is 0 Å². The zero-order valence-corrected chi connectivity index (χ0v) is 42.5. The number of hydrogen-bond donors (Lipinski definition) is 0. The van der Waals surface area contributed by atoms with Crippen LogP contribution in [0.4, 0.5) is 0 Å². The number of hydrogen-bond acceptors (Lipinski definition) is 1. The zero-order chi connectivity index (χ0) is 41.8. The van der Waals surface area contributed by atoms with Crippen molar-refractivity contribution in [2.75, 3.05) is 0 Å². The molecular weight excluding hydrogens is 717 g/mol. The minimum Gasteiger partial charge on any atom is -0.411 e. The molecule has 0 unspecified atom stereocenters. The summed E-state index contributed by atoms with van der Waals surface area (Å²) in [4.78, 5) is 0. The van der Waals surface area contributed by atoms with E-state index in [-0.39, 0.29) is 5.60 Å². The molecule has 0 saturated carbocycles. The van der Waals surface area contributed by atoms with Crippen molar-refractivity contribution in [3.8, 4) is 0 Å². The molecule has 1 aliphatic rings. The molecule has 1 fully saturated rings. The van der Waals surface area contributed by atoms with E-state index in [0.29, 0.717) is 0 Å². The summed E-state index contributed by atoms with van der Waals surface area (Å²) in [5.74, 6) is 0. The highest BCUT2D eigenvalue weighted by atomic mass is 28.4. The lowest BCUT2D eigenvalue weighted by molar-refractivity contribution is 0.00897. The van der Waals surface area contributed by atoms with Crippen LogP contribution in [-0.4, -0.2) is 13.9 Å². The Morgan fingerprint density at radius 2 is 0.517 bits per heavy atom. The SMILES string of the molecule is CCCCCCCCCCCCCC1(CCCCCCCCCCCCC)CCC[Si](CCCCCCCCCCCCC)(CCCCCCCCCCCCC)O1. The Morgan fingerprint density at radius 3 is 0.776 bits per heavy atom. The summed E-state index contributed by atoms with van der Waals surface area (Å²) in [6, 6.07) is 4.46. The van der Waals surface area contributed by atoms with Gasteiger partial charge in [0.15, 0.2) is 8.32 Å². The molecule has 348 valence electrons. The molecule has 1 nitrogen and oxygen atoms in total. The predicted molar refractivity (Wildman–Crippen MR) is 268 cm³/mol. The summed E-state index contributed by atoms with van der Waals surface area (Å²) in [5.41, 5.74) is 0.235. The Bertz CT molecular complexity index is 665. The molecule has 0 aromatic rings. The fourth-order valence-corrected chi connectivity index (χ4v) is 15.6. The van der Waals surface area contributed by atoms with Gasteiger partial charge < -0.3 is 4.43 Å². The smallest absolute Gasteiger partial charge is 0.193 e. The molecule has 58 heavy (non-hydrogen) atoms. The summed E-state index contributed by atoms with van der Waals surface area (Å²) in [5, 5.41) is 0. The van der Waals surface area contributed by atoms with Gasteiger partial charge in [0.05, 0.1) is 5.60 Å². The third kappa shape index (κ3) is 34.7. The zero-order valence-electron chi connectivity index (χ0n) is 41.5. The first-order valence-corrected chi connectivity index (χ1v) is 30.9. The summed E-state index contributed by atoms with van der Waals surface area (Å²) < 4.78 is 7.97. The molecule has 1 heterocycles. The highest BCUT2D eigenvalue weighted by molar-refractivity contribution is 6.74. The van der Waals surface area contributed by atoms with Crippen molar-refractivity contribution in [3.63, 3.8) is 0 Å². The Kier molecular flexibility index (Phi) is 42.4. The van der Waals surface area contributed by atoms with Gasteiger partial charge >= 0.3 is 0 Å². The average Bonchev–Trinajstić information content (AvgIpc) is 3.23. The van der Waals surface area contributed by atoms with Crippen molar-refractivity contribution in [2.24, 2.45) is 0 Å². The fraction of sp³-hybridized carbons (Fsp3) is 1.00. The maximum atomic E-state index is 7.97. The minimum atomic E-state index is -1.71. The van der Waals surface area contributed by atoms with Crippen molar-refractivity contribution in [1.82, 2.24) is 0 Å². The van der Waals surface area contributed by atoms with Gasteiger partial charge in [-0.05, 0) is 37.4 Å². The third-order valence-electron chi connectivity index (χ3n) is 14.6. The lowest BCUT2D eigenvalue weighted by Gasteiger charge is -2.49. The van der Waals surface area contributed by atoms with Crippen LogP contribution in [0.1, 0.15) is 336 Å². The van der Waals surface area contributed by atoms with Gasteiger partial charge in [0.2, 0.25) is 0 Å². The first-order chi connectivity index (χ1) is 28.7. The van der Waals surface area contributed by atoms with Crippen LogP contribution in [0.3, 0.4) is 0 Å². The topological polar surface area (TPSA) is 9.23 Å². The molecule has 1 rings (SSSR count). The van der Waals surface area contributed by atoms with Crippen LogP contribution in [0.15, 0.2) is 0 Å². The first-order valence-electron chi connectivity index (χ1n) is 28.4. The molecule has 0 atom stereocenters. The summed E-state index contributed by atoms with van der Waals surface area (Å²) in [6.45, 7) is 9.34. The quantitative estimate of drug-likeness (QED) is 0.0438. The van der Waals surface area contributed by atoms with Gasteiger partial charge in [-0.25, -0.2) is 0 Å². The summed E-state index contributed by atoms with van der Waals surface area (Å²) in [7, 11) is -1.71. The van der Waals surface area contributed by atoms with Crippen molar-refractivity contribution in [3.05, 3.63) is 0 Å². The van der Waals surface area contributed by atoms with E-state index in [1.54, 1.807) is 0 Å². The van der Waals surface area contributed by atoms with E-state index in [4.69, 9.17) is 4.43 Å². The molecule has 0 radical (unpaired) electrons. The highest BCUT2D eigenvalue weighted by Crippen LogP contribution is 2.45. The lowest BCUT2D eigenvalue weighted by Crippen LogP contribution is -2.52. The second-order valence-corrected chi connectivity index (χ2v) is 24.5. The van der Waals surface area contributed by atoms with Gasteiger partial charge in [0, 0.05) is 0 Å². The molecule has 0 aromatic heterocycles. The summed E-state index contributed by atoms with van der Waals surface area (Å²) in [6.07, 6.45) is 69.6. The van der Waals surface area contributed by atoms with Crippen molar-refractivity contribution >= 4 is 8.32 Å². The molecule has 0 aromatic carbocycles. The Balaban J connectivity index is 2.73. The maximum Gasteiger partial charge on any atom is 0.193 e. The summed E-state index contributed by atoms with van der Waals surface area (Å²) >= 11 is 0. The lowest BCUT2D eigenvalue weighted by atomic mass is 9.86. The van der Waals surface area contributed by atoms with Gasteiger partial charge in [0.25, 0.3) is 0 Å². The van der Waals surface area contributed by atoms with E-state index in [1.165, 1.54) is 326 Å². The standard InChI is InChI=1S/C56H114OSi/c1-5-9-13-17-21-25-29-33-37-41-45-50-56(51-46-42-38-34-30-26-22-18-14-10-6-2)52-49-55-58(57-56,53-47-43-39-35-31-27-23-19-15-11-7-3)54-48-44-40-36-32-28-24-20-16-12-8-4/h5-55H2,1-4H3. The molecule has 0 amide bonds. The first kappa shape index (κ1) is 56.2. The molecule has 0 N–H and O–H groups in total. The van der Waals surface area contributed by atoms with Crippen LogP contribution in [0, 0.1) is 0 Å². The maximum absolute atomic E-state index is 7.97. The van der Waals surface area contributed by atoms with Gasteiger partial charge in [-0.2, -0.15) is 0 Å². The predicted octanol–water partition coefficient (Wildman–Crippen LogP) is 21.5. The van der Waals surface area contributed by atoms with E-state index in [1.807, 2.05) is 0 Å². The van der Waals surface area contributed by atoms with Crippen LogP contribution >= 0.6 is 0 Å². The van der Waals surface area contributed by atoms with Gasteiger partial charge in [-0.1, -0.05) is 317 Å². The van der Waals surface area contributed by atoms with E-state index in [0.717, 1.165) is 0 Å². The van der Waals surface area contributed by atoms with Crippen LogP contribution in [0.25, 0.3) is 0 Å².